The van der Waals surface area contributed by atoms with Crippen LogP contribution < -0.4 is 5.32 Å². The summed E-state index contributed by atoms with van der Waals surface area (Å²) in [5.41, 5.74) is 1.59. The molecule has 1 N–H and O–H groups in total. The zero-order chi connectivity index (χ0) is 16.0. The third-order valence-electron chi connectivity index (χ3n) is 5.51. The maximum Gasteiger partial charge on any atom is 0.255 e. The lowest BCUT2D eigenvalue weighted by Crippen LogP contribution is -2.53. The number of carbonyl (C=O) groups excluding carboxylic acids is 2. The molecule has 2 fully saturated rings. The van der Waals surface area contributed by atoms with Gasteiger partial charge in [0.25, 0.3) is 11.8 Å². The zero-order valence-electron chi connectivity index (χ0n) is 13.3. The molecule has 0 aromatic heterocycles. The zero-order valence-corrected chi connectivity index (χ0v) is 13.3. The van der Waals surface area contributed by atoms with Gasteiger partial charge in [-0.2, -0.15) is 0 Å². The molecule has 2 aliphatic heterocycles. The molecule has 3 aliphatic rings. The highest BCUT2D eigenvalue weighted by Gasteiger charge is 2.58. The highest BCUT2D eigenvalue weighted by molar-refractivity contribution is 6.08. The van der Waals surface area contributed by atoms with Gasteiger partial charge in [-0.15, -0.1) is 0 Å². The van der Waals surface area contributed by atoms with Gasteiger partial charge in [0.15, 0.2) is 5.54 Å². The number of nitrogens with zero attached hydrogens (tertiary/aromatic N) is 1. The van der Waals surface area contributed by atoms with Gasteiger partial charge in [0.2, 0.25) is 0 Å². The van der Waals surface area contributed by atoms with Crippen molar-refractivity contribution in [2.45, 2.75) is 50.1 Å². The third-order valence-corrected chi connectivity index (χ3v) is 5.51. The van der Waals surface area contributed by atoms with Gasteiger partial charge in [-0.25, -0.2) is 0 Å². The normalized spacial score (nSPS) is 27.0. The molecule has 0 spiro atoms. The first-order valence-electron chi connectivity index (χ1n) is 8.52. The lowest BCUT2D eigenvalue weighted by atomic mass is 9.85. The minimum Gasteiger partial charge on any atom is -0.351 e. The highest BCUT2D eigenvalue weighted by Crippen LogP contribution is 2.48. The van der Waals surface area contributed by atoms with Gasteiger partial charge in [-0.05, 0) is 18.9 Å². The predicted octanol–water partition coefficient (Wildman–Crippen LogP) is 2.75. The van der Waals surface area contributed by atoms with E-state index in [1.54, 1.807) is 4.90 Å². The van der Waals surface area contributed by atoms with E-state index in [0.29, 0.717) is 18.5 Å². The summed E-state index contributed by atoms with van der Waals surface area (Å²) in [5.74, 6) is -0.0700. The van der Waals surface area contributed by atoms with Crippen molar-refractivity contribution in [3.63, 3.8) is 0 Å². The second-order valence-electron chi connectivity index (χ2n) is 7.03. The standard InChI is InChI=1S/C19H22N2O2/c1-13-11-19(18(23)20-14-7-3-2-4-8-14)16-10-6-5-9-15(16)17(22)21(19)12-13/h5-6,9-10,14H,1-4,7-8,11-12H2,(H,20,23). The van der Waals surface area contributed by atoms with Gasteiger partial charge in [-0.3, -0.25) is 9.59 Å². The summed E-state index contributed by atoms with van der Waals surface area (Å²) in [6, 6.07) is 7.76. The van der Waals surface area contributed by atoms with Gasteiger partial charge in [-0.1, -0.05) is 49.6 Å². The van der Waals surface area contributed by atoms with Crippen LogP contribution in [0, 0.1) is 0 Å². The van der Waals surface area contributed by atoms with Gasteiger partial charge in [0.1, 0.15) is 0 Å². The summed E-state index contributed by atoms with van der Waals surface area (Å²) in [6.07, 6.45) is 6.21. The summed E-state index contributed by atoms with van der Waals surface area (Å²) in [7, 11) is 0. The van der Waals surface area contributed by atoms with E-state index in [2.05, 4.69) is 11.9 Å². The fraction of sp³-hybridized carbons (Fsp3) is 0.474. The highest BCUT2D eigenvalue weighted by atomic mass is 16.2. The van der Waals surface area contributed by atoms with Crippen LogP contribution in [0.15, 0.2) is 36.4 Å². The van der Waals surface area contributed by atoms with Crippen molar-refractivity contribution in [1.29, 1.82) is 0 Å². The van der Waals surface area contributed by atoms with Crippen LogP contribution in [0.25, 0.3) is 0 Å². The molecule has 23 heavy (non-hydrogen) atoms. The fourth-order valence-corrected chi connectivity index (χ4v) is 4.41. The van der Waals surface area contributed by atoms with E-state index >= 15 is 0 Å². The van der Waals surface area contributed by atoms with Gasteiger partial charge in [0, 0.05) is 30.1 Å². The summed E-state index contributed by atoms with van der Waals surface area (Å²) >= 11 is 0. The Hall–Kier alpha value is -2.10. The smallest absolute Gasteiger partial charge is 0.255 e. The van der Waals surface area contributed by atoms with Crippen LogP contribution in [-0.2, 0) is 10.3 Å². The number of carbonyl (C=O) groups is 2. The fourth-order valence-electron chi connectivity index (χ4n) is 4.41. The maximum absolute atomic E-state index is 13.2. The molecule has 1 aliphatic carbocycles. The van der Waals surface area contributed by atoms with Crippen molar-refractivity contribution < 1.29 is 9.59 Å². The first kappa shape index (κ1) is 14.5. The number of rotatable bonds is 2. The van der Waals surface area contributed by atoms with Gasteiger partial charge in [0.05, 0.1) is 0 Å². The second-order valence-corrected chi connectivity index (χ2v) is 7.03. The van der Waals surface area contributed by atoms with Crippen molar-refractivity contribution in [3.8, 4) is 0 Å². The number of hydrogen-bond acceptors (Lipinski definition) is 2. The first-order chi connectivity index (χ1) is 11.1. The Kier molecular flexibility index (Phi) is 3.29. The Morgan fingerprint density at radius 3 is 2.74 bits per heavy atom. The SMILES string of the molecule is C=C1CN2C(=O)c3ccccc3C2(C(=O)NC2CCCCC2)C1. The molecule has 1 aromatic rings. The number of amides is 2. The van der Waals surface area contributed by atoms with E-state index in [0.717, 1.165) is 24.0 Å². The summed E-state index contributed by atoms with van der Waals surface area (Å²) < 4.78 is 0. The molecule has 1 saturated heterocycles. The Morgan fingerprint density at radius 2 is 1.96 bits per heavy atom. The number of nitrogens with one attached hydrogen (secondary N) is 1. The van der Waals surface area contributed by atoms with Crippen molar-refractivity contribution in [3.05, 3.63) is 47.5 Å². The molecule has 1 aromatic carbocycles. The summed E-state index contributed by atoms with van der Waals surface area (Å²) in [5, 5.41) is 3.23. The van der Waals surface area contributed by atoms with E-state index in [-0.39, 0.29) is 17.9 Å². The molecule has 1 unspecified atom stereocenters. The molecule has 0 radical (unpaired) electrons. The maximum atomic E-state index is 13.2. The van der Waals surface area contributed by atoms with Crippen molar-refractivity contribution >= 4 is 11.8 Å². The lowest BCUT2D eigenvalue weighted by Gasteiger charge is -2.34. The molecule has 2 amide bonds. The van der Waals surface area contributed by atoms with Crippen molar-refractivity contribution in [2.24, 2.45) is 0 Å². The molecule has 0 bridgehead atoms. The monoisotopic (exact) mass is 310 g/mol. The van der Waals surface area contributed by atoms with Crippen LogP contribution in [0.5, 0.6) is 0 Å². The van der Waals surface area contributed by atoms with E-state index in [9.17, 15) is 9.59 Å². The largest absolute Gasteiger partial charge is 0.351 e. The van der Waals surface area contributed by atoms with Crippen LogP contribution in [0.4, 0.5) is 0 Å². The van der Waals surface area contributed by atoms with E-state index in [4.69, 9.17) is 0 Å². The number of fused-ring (bicyclic) bond motifs is 3. The van der Waals surface area contributed by atoms with Crippen molar-refractivity contribution in [1.82, 2.24) is 10.2 Å². The van der Waals surface area contributed by atoms with Crippen molar-refractivity contribution in [2.75, 3.05) is 6.54 Å². The molecule has 1 saturated carbocycles. The quantitative estimate of drug-likeness (QED) is 0.854. The Bertz CT molecular complexity index is 690. The van der Waals surface area contributed by atoms with Crippen LogP contribution in [0.3, 0.4) is 0 Å². The van der Waals surface area contributed by atoms with E-state index in [1.165, 1.54) is 19.3 Å². The average molecular weight is 310 g/mol. The van der Waals surface area contributed by atoms with Crippen LogP contribution in [0.1, 0.15) is 54.4 Å². The molecule has 4 heteroatoms. The molecule has 120 valence electrons. The molecule has 2 heterocycles. The van der Waals surface area contributed by atoms with Crippen LogP contribution in [0.2, 0.25) is 0 Å². The Morgan fingerprint density at radius 1 is 1.22 bits per heavy atom. The molecule has 4 rings (SSSR count). The lowest BCUT2D eigenvalue weighted by molar-refractivity contribution is -0.131. The minimum absolute atomic E-state index is 0.0265. The van der Waals surface area contributed by atoms with Gasteiger partial charge < -0.3 is 10.2 Å². The number of benzene rings is 1. The summed E-state index contributed by atoms with van der Waals surface area (Å²) in [6.45, 7) is 4.52. The molecular weight excluding hydrogens is 288 g/mol. The topological polar surface area (TPSA) is 49.4 Å². The van der Waals surface area contributed by atoms with Crippen LogP contribution in [-0.4, -0.2) is 29.3 Å². The minimum atomic E-state index is -0.873. The molecular formula is C19H22N2O2. The van der Waals surface area contributed by atoms with E-state index < -0.39 is 5.54 Å². The Balaban J connectivity index is 1.72. The van der Waals surface area contributed by atoms with Crippen LogP contribution >= 0.6 is 0 Å². The summed E-state index contributed by atoms with van der Waals surface area (Å²) in [4.78, 5) is 27.7. The van der Waals surface area contributed by atoms with E-state index in [1.807, 2.05) is 24.3 Å². The third kappa shape index (κ3) is 2.04. The second kappa shape index (κ2) is 5.22. The first-order valence-corrected chi connectivity index (χ1v) is 8.52. The molecule has 4 nitrogen and oxygen atoms in total. The number of hydrogen-bond donors (Lipinski definition) is 1. The molecule has 1 atom stereocenters. The predicted molar refractivity (Wildman–Crippen MR) is 87.9 cm³/mol. The Labute approximate surface area is 136 Å². The van der Waals surface area contributed by atoms with Gasteiger partial charge >= 0.3 is 0 Å². The average Bonchev–Trinajstić information content (AvgIpc) is 3.03.